The molecule has 17 heavy (non-hydrogen) atoms. The highest BCUT2D eigenvalue weighted by atomic mass is 32.2. The number of carbonyl (C=O) groups excluding carboxylic acids is 1. The van der Waals surface area contributed by atoms with E-state index in [2.05, 4.69) is 15.5 Å². The van der Waals surface area contributed by atoms with Gasteiger partial charge in [-0.25, -0.2) is 0 Å². The van der Waals surface area contributed by atoms with Gasteiger partial charge in [0.1, 0.15) is 0 Å². The Morgan fingerprint density at radius 3 is 2.71 bits per heavy atom. The lowest BCUT2D eigenvalue weighted by molar-refractivity contribution is -0.301. The number of para-hydroxylation sites is 1. The summed E-state index contributed by atoms with van der Waals surface area (Å²) in [5, 5.41) is 21.8. The normalized spacial score (nSPS) is 9.65. The number of hydrogen-bond acceptors (Lipinski definition) is 6. The molecule has 0 amide bonds. The van der Waals surface area contributed by atoms with Crippen LogP contribution in [0.2, 0.25) is 0 Å². The Hall–Kier alpha value is -1.93. The maximum absolute atomic E-state index is 10.3. The molecule has 0 radical (unpaired) electrons. The van der Waals surface area contributed by atoms with Crippen LogP contribution >= 0.6 is 11.8 Å². The zero-order valence-corrected chi connectivity index (χ0v) is 9.92. The van der Waals surface area contributed by atoms with Crippen molar-refractivity contribution in [2.75, 3.05) is 5.75 Å². The zero-order chi connectivity index (χ0) is 11.4. The summed E-state index contributed by atoms with van der Waals surface area (Å²) in [6.45, 7) is 0. The largest absolute Gasteiger partial charge is 0.549 e. The monoisotopic (exact) mass is 253 g/mol. The second kappa shape index (κ2) is 5.97. The van der Waals surface area contributed by atoms with Gasteiger partial charge >= 0.3 is 0 Å². The van der Waals surface area contributed by atoms with Crippen molar-refractivity contribution in [3.05, 3.63) is 30.3 Å². The van der Waals surface area contributed by atoms with E-state index in [0.29, 0.717) is 5.16 Å². The average Bonchev–Trinajstić information content (AvgIpc) is 2.75. The molecule has 0 saturated heterocycles. The Kier molecular flexibility index (Phi) is 4.61. The molecule has 2 aromatic rings. The molecule has 0 spiro atoms. The van der Waals surface area contributed by atoms with Gasteiger partial charge in [-0.1, -0.05) is 30.0 Å². The van der Waals surface area contributed by atoms with Crippen LogP contribution in [0, 0.1) is 0 Å². The molecule has 0 aliphatic carbocycles. The van der Waals surface area contributed by atoms with E-state index in [0.717, 1.165) is 17.4 Å². The fraction of sp³-hybridized carbons (Fsp3) is 0.111. The first-order valence-electron chi connectivity index (χ1n) is 4.44. The van der Waals surface area contributed by atoms with Crippen molar-refractivity contribution in [1.82, 2.24) is 26.4 Å². The van der Waals surface area contributed by atoms with Crippen molar-refractivity contribution in [2.45, 2.75) is 5.16 Å². The van der Waals surface area contributed by atoms with Crippen molar-refractivity contribution in [3.8, 4) is 5.69 Å². The summed E-state index contributed by atoms with van der Waals surface area (Å²) in [7, 11) is 0. The van der Waals surface area contributed by atoms with Gasteiger partial charge in [-0.2, -0.15) is 4.68 Å². The number of hydrogen-bond donors (Lipinski definition) is 1. The lowest BCUT2D eigenvalue weighted by Gasteiger charge is -2.03. The van der Waals surface area contributed by atoms with E-state index < -0.39 is 5.97 Å². The number of carboxylic acid groups (broad SMARTS) is 1. The van der Waals surface area contributed by atoms with E-state index in [9.17, 15) is 9.90 Å². The van der Waals surface area contributed by atoms with Crippen LogP contribution in [-0.2, 0) is 4.79 Å². The van der Waals surface area contributed by atoms with E-state index in [1.54, 1.807) is 0 Å². The highest BCUT2D eigenvalue weighted by Crippen LogP contribution is 2.16. The summed E-state index contributed by atoms with van der Waals surface area (Å²) in [6, 6.07) is 9.25. The molecule has 1 aromatic carbocycles. The van der Waals surface area contributed by atoms with E-state index in [1.165, 1.54) is 4.68 Å². The van der Waals surface area contributed by atoms with Crippen LogP contribution in [0.15, 0.2) is 35.5 Å². The van der Waals surface area contributed by atoms with Crippen molar-refractivity contribution < 1.29 is 9.90 Å². The zero-order valence-electron chi connectivity index (χ0n) is 9.11. The SMILES string of the molecule is O=C([O-])CSc1nnnn1-c1ccccc1.[NH4+]. The molecule has 4 N–H and O–H groups in total. The van der Waals surface area contributed by atoms with Crippen LogP contribution in [0.1, 0.15) is 0 Å². The fourth-order valence-corrected chi connectivity index (χ4v) is 1.73. The molecule has 0 atom stereocenters. The molecule has 1 heterocycles. The van der Waals surface area contributed by atoms with Crippen LogP contribution < -0.4 is 11.3 Å². The van der Waals surface area contributed by atoms with Gasteiger partial charge in [0.2, 0.25) is 5.16 Å². The molecule has 0 fully saturated rings. The smallest absolute Gasteiger partial charge is 0.214 e. The number of benzene rings is 1. The number of thioether (sulfide) groups is 1. The molecule has 90 valence electrons. The van der Waals surface area contributed by atoms with E-state index in [1.807, 2.05) is 30.3 Å². The number of carboxylic acids is 1. The third-order valence-electron chi connectivity index (χ3n) is 1.76. The summed E-state index contributed by atoms with van der Waals surface area (Å²) in [6.07, 6.45) is 0. The molecule has 0 aliphatic heterocycles. The van der Waals surface area contributed by atoms with Gasteiger partial charge in [-0.3, -0.25) is 0 Å². The highest BCUT2D eigenvalue weighted by molar-refractivity contribution is 7.99. The van der Waals surface area contributed by atoms with E-state index in [-0.39, 0.29) is 11.9 Å². The quantitative estimate of drug-likeness (QED) is 0.758. The molecule has 7 nitrogen and oxygen atoms in total. The fourth-order valence-electron chi connectivity index (χ4n) is 1.12. The number of rotatable bonds is 4. The third-order valence-corrected chi connectivity index (χ3v) is 2.65. The highest BCUT2D eigenvalue weighted by Gasteiger charge is 2.07. The minimum Gasteiger partial charge on any atom is -0.549 e. The summed E-state index contributed by atoms with van der Waals surface area (Å²) >= 11 is 1.02. The van der Waals surface area contributed by atoms with E-state index >= 15 is 0 Å². The molecule has 0 unspecified atom stereocenters. The molecular weight excluding hydrogens is 242 g/mol. The van der Waals surface area contributed by atoms with E-state index in [4.69, 9.17) is 0 Å². The van der Waals surface area contributed by atoms with Gasteiger partial charge in [0.05, 0.1) is 11.7 Å². The van der Waals surface area contributed by atoms with Gasteiger partial charge < -0.3 is 16.1 Å². The minimum atomic E-state index is -1.15. The number of carbonyl (C=O) groups is 1. The number of quaternary nitrogens is 1. The van der Waals surface area contributed by atoms with Gasteiger partial charge in [0.25, 0.3) is 0 Å². The molecule has 0 aliphatic rings. The maximum atomic E-state index is 10.3. The molecule has 2 rings (SSSR count). The molecular formula is C9H11N5O2S. The van der Waals surface area contributed by atoms with Gasteiger partial charge in [0.15, 0.2) is 0 Å². The standard InChI is InChI=1S/C9H8N4O2S.H3N/c14-8(15)6-16-9-10-11-12-13(9)7-4-2-1-3-5-7;/h1-5H,6H2,(H,14,15);1H3. The Balaban J connectivity index is 0.00000144. The summed E-state index contributed by atoms with van der Waals surface area (Å²) in [4.78, 5) is 10.3. The molecule has 8 heteroatoms. The van der Waals surface area contributed by atoms with Crippen molar-refractivity contribution in [3.63, 3.8) is 0 Å². The first kappa shape index (κ1) is 13.1. The predicted octanol–water partition coefficient (Wildman–Crippen LogP) is -0.120. The van der Waals surface area contributed by atoms with Gasteiger partial charge in [-0.05, 0) is 22.6 Å². The second-order valence-corrected chi connectivity index (χ2v) is 3.81. The van der Waals surface area contributed by atoms with Crippen molar-refractivity contribution >= 4 is 17.7 Å². The summed E-state index contributed by atoms with van der Waals surface area (Å²) in [5.41, 5.74) is 0.786. The van der Waals surface area contributed by atoms with Crippen LogP contribution in [0.5, 0.6) is 0 Å². The molecule has 1 aromatic heterocycles. The van der Waals surface area contributed by atoms with Gasteiger partial charge in [0, 0.05) is 5.75 Å². The maximum Gasteiger partial charge on any atom is 0.214 e. The van der Waals surface area contributed by atoms with Gasteiger partial charge in [-0.15, -0.1) is 5.10 Å². The lowest BCUT2D eigenvalue weighted by atomic mass is 10.3. The first-order chi connectivity index (χ1) is 7.77. The van der Waals surface area contributed by atoms with Crippen LogP contribution in [0.4, 0.5) is 0 Å². The van der Waals surface area contributed by atoms with Crippen LogP contribution in [0.3, 0.4) is 0 Å². The number of aromatic nitrogens is 4. The Morgan fingerprint density at radius 2 is 2.06 bits per heavy atom. The molecule has 0 bridgehead atoms. The lowest BCUT2D eigenvalue weighted by Crippen LogP contribution is -2.24. The Labute approximate surface area is 101 Å². The first-order valence-corrected chi connectivity index (χ1v) is 5.42. The topological polar surface area (TPSA) is 120 Å². The van der Waals surface area contributed by atoms with Crippen LogP contribution in [0.25, 0.3) is 5.69 Å². The third kappa shape index (κ3) is 3.26. The summed E-state index contributed by atoms with van der Waals surface area (Å²) < 4.78 is 1.48. The predicted molar refractivity (Wildman–Crippen MR) is 60.9 cm³/mol. The number of aliphatic carboxylic acids is 1. The second-order valence-electron chi connectivity index (χ2n) is 2.87. The van der Waals surface area contributed by atoms with Crippen LogP contribution in [-0.4, -0.2) is 31.9 Å². The Morgan fingerprint density at radius 1 is 1.35 bits per heavy atom. The minimum absolute atomic E-state index is 0. The molecule has 0 saturated carbocycles. The van der Waals surface area contributed by atoms with Crippen molar-refractivity contribution in [1.29, 1.82) is 0 Å². The Bertz CT molecular complexity index is 487. The number of tetrazole rings is 1. The summed E-state index contributed by atoms with van der Waals surface area (Å²) in [5.74, 6) is -1.32. The van der Waals surface area contributed by atoms with Crippen molar-refractivity contribution in [2.24, 2.45) is 0 Å². The number of nitrogens with zero attached hydrogens (tertiary/aromatic N) is 4. The average molecular weight is 253 g/mol.